The number of rotatable bonds is 4. The molecule has 0 aliphatic carbocycles. The van der Waals surface area contributed by atoms with E-state index in [0.29, 0.717) is 12.1 Å². The van der Waals surface area contributed by atoms with E-state index < -0.39 is 0 Å². The zero-order valence-corrected chi connectivity index (χ0v) is 15.0. The number of hydrogen-bond donors (Lipinski definition) is 1. The van der Waals surface area contributed by atoms with Gasteiger partial charge in [-0.05, 0) is 40.5 Å². The van der Waals surface area contributed by atoms with Crippen LogP contribution in [0.1, 0.15) is 22.8 Å². The highest BCUT2D eigenvalue weighted by Crippen LogP contribution is 2.15. The molecule has 1 atom stereocenters. The van der Waals surface area contributed by atoms with Crippen molar-refractivity contribution in [1.82, 2.24) is 15.3 Å². The number of nitrogens with one attached hydrogen (secondary N) is 1. The van der Waals surface area contributed by atoms with Gasteiger partial charge in [0, 0.05) is 42.7 Å². The Balaban J connectivity index is 1.57. The summed E-state index contributed by atoms with van der Waals surface area (Å²) in [5, 5.41) is 2.88. The van der Waals surface area contributed by atoms with E-state index in [2.05, 4.69) is 43.0 Å². The lowest BCUT2D eigenvalue weighted by Crippen LogP contribution is -2.41. The number of aromatic nitrogens is 2. The van der Waals surface area contributed by atoms with Crippen molar-refractivity contribution in [3.05, 3.63) is 52.4 Å². The van der Waals surface area contributed by atoms with E-state index in [0.717, 1.165) is 35.6 Å². The summed E-state index contributed by atoms with van der Waals surface area (Å²) in [6, 6.07) is 5.71. The molecule has 0 radical (unpaired) electrons. The van der Waals surface area contributed by atoms with Crippen molar-refractivity contribution in [2.24, 2.45) is 0 Å². The normalized spacial score (nSPS) is 17.6. The highest BCUT2D eigenvalue weighted by molar-refractivity contribution is 9.10. The molecule has 1 aliphatic heterocycles. The Labute approximate surface area is 149 Å². The molecular weight excluding hydrogens is 372 g/mol. The number of hydrogen-bond acceptors (Lipinski definition) is 5. The molecule has 1 unspecified atom stereocenters. The summed E-state index contributed by atoms with van der Waals surface area (Å²) in [6.45, 7) is 4.91. The third-order valence-corrected chi connectivity index (χ3v) is 4.23. The van der Waals surface area contributed by atoms with Crippen molar-refractivity contribution >= 4 is 27.7 Å². The number of pyridine rings is 2. The fourth-order valence-corrected chi connectivity index (χ4v) is 2.92. The monoisotopic (exact) mass is 390 g/mol. The largest absolute Gasteiger partial charge is 0.375 e. The molecule has 3 heterocycles. The average Bonchev–Trinajstić information content (AvgIpc) is 2.60. The van der Waals surface area contributed by atoms with E-state index in [-0.39, 0.29) is 12.0 Å². The Bertz CT molecular complexity index is 708. The van der Waals surface area contributed by atoms with E-state index in [1.54, 1.807) is 24.7 Å². The summed E-state index contributed by atoms with van der Waals surface area (Å²) in [6.07, 6.45) is 5.21. The Morgan fingerprint density at radius 1 is 1.42 bits per heavy atom. The van der Waals surface area contributed by atoms with E-state index in [1.165, 1.54) is 0 Å². The van der Waals surface area contributed by atoms with Crippen LogP contribution >= 0.6 is 15.9 Å². The van der Waals surface area contributed by atoms with Gasteiger partial charge in [-0.3, -0.25) is 9.78 Å². The van der Waals surface area contributed by atoms with Gasteiger partial charge in [0.15, 0.2) is 0 Å². The van der Waals surface area contributed by atoms with Crippen molar-refractivity contribution < 1.29 is 9.53 Å². The van der Waals surface area contributed by atoms with E-state index in [1.807, 2.05) is 12.1 Å². The van der Waals surface area contributed by atoms with Crippen molar-refractivity contribution in [2.75, 3.05) is 24.6 Å². The van der Waals surface area contributed by atoms with Gasteiger partial charge in [-0.15, -0.1) is 0 Å². The molecule has 3 rings (SSSR count). The zero-order valence-electron chi connectivity index (χ0n) is 13.4. The van der Waals surface area contributed by atoms with Crippen molar-refractivity contribution in [1.29, 1.82) is 0 Å². The van der Waals surface area contributed by atoms with E-state index >= 15 is 0 Å². The number of ether oxygens (including phenoxy) is 1. The second kappa shape index (κ2) is 7.72. The lowest BCUT2D eigenvalue weighted by molar-refractivity contribution is 0.0529. The van der Waals surface area contributed by atoms with E-state index in [4.69, 9.17) is 4.74 Å². The van der Waals surface area contributed by atoms with Gasteiger partial charge in [0.05, 0.1) is 18.3 Å². The highest BCUT2D eigenvalue weighted by Gasteiger charge is 2.17. The molecule has 1 aliphatic rings. The summed E-state index contributed by atoms with van der Waals surface area (Å²) in [5.74, 6) is 0.784. The number of carbonyl (C=O) groups is 1. The SMILES string of the molecule is CC1CN(c2ccc(CNC(=O)c3cncc(Br)c3)cn2)CCO1. The molecule has 0 aromatic carbocycles. The first-order valence-electron chi connectivity index (χ1n) is 7.82. The van der Waals surface area contributed by atoms with Crippen LogP contribution in [0.3, 0.4) is 0 Å². The molecule has 0 saturated carbocycles. The van der Waals surface area contributed by atoms with Crippen LogP contribution in [-0.2, 0) is 11.3 Å². The van der Waals surface area contributed by atoms with Gasteiger partial charge in [0.2, 0.25) is 0 Å². The Morgan fingerprint density at radius 2 is 2.29 bits per heavy atom. The smallest absolute Gasteiger partial charge is 0.253 e. The van der Waals surface area contributed by atoms with Crippen molar-refractivity contribution in [3.63, 3.8) is 0 Å². The van der Waals surface area contributed by atoms with Gasteiger partial charge in [-0.2, -0.15) is 0 Å². The van der Waals surface area contributed by atoms with Gasteiger partial charge in [-0.25, -0.2) is 4.98 Å². The second-order valence-corrected chi connectivity index (χ2v) is 6.64. The highest BCUT2D eigenvalue weighted by atomic mass is 79.9. The topological polar surface area (TPSA) is 67.4 Å². The minimum Gasteiger partial charge on any atom is -0.375 e. The van der Waals surface area contributed by atoms with Gasteiger partial charge in [0.25, 0.3) is 5.91 Å². The number of nitrogens with zero attached hydrogens (tertiary/aromatic N) is 3. The Morgan fingerprint density at radius 3 is 3.00 bits per heavy atom. The van der Waals surface area contributed by atoms with Crippen LogP contribution in [0.4, 0.5) is 5.82 Å². The zero-order chi connectivity index (χ0) is 16.9. The van der Waals surface area contributed by atoms with E-state index in [9.17, 15) is 4.79 Å². The summed E-state index contributed by atoms with van der Waals surface area (Å²) < 4.78 is 6.32. The minimum atomic E-state index is -0.158. The minimum absolute atomic E-state index is 0.158. The average molecular weight is 391 g/mol. The maximum atomic E-state index is 12.1. The van der Waals surface area contributed by atoms with Crippen LogP contribution in [-0.4, -0.2) is 41.7 Å². The second-order valence-electron chi connectivity index (χ2n) is 5.73. The molecule has 1 amide bonds. The first-order chi connectivity index (χ1) is 11.6. The lowest BCUT2D eigenvalue weighted by atomic mass is 10.2. The number of halogens is 1. The number of carbonyl (C=O) groups excluding carboxylic acids is 1. The summed E-state index contributed by atoms with van der Waals surface area (Å²) in [5.41, 5.74) is 1.48. The standard InChI is InChI=1S/C17H19BrN4O2/c1-12-11-22(4-5-24-12)16-3-2-13(7-20-16)8-21-17(23)14-6-15(18)10-19-9-14/h2-3,6-7,9-10,12H,4-5,8,11H2,1H3,(H,21,23). The molecule has 1 saturated heterocycles. The maximum Gasteiger partial charge on any atom is 0.253 e. The maximum absolute atomic E-state index is 12.1. The summed E-state index contributed by atoms with van der Waals surface area (Å²) in [4.78, 5) is 22.8. The molecule has 1 fully saturated rings. The predicted molar refractivity (Wildman–Crippen MR) is 95.0 cm³/mol. The van der Waals surface area contributed by atoms with Crippen LogP contribution in [0.2, 0.25) is 0 Å². The van der Waals surface area contributed by atoms with Crippen LogP contribution in [0.25, 0.3) is 0 Å². The molecule has 6 nitrogen and oxygen atoms in total. The van der Waals surface area contributed by atoms with Gasteiger partial charge in [0.1, 0.15) is 5.82 Å². The summed E-state index contributed by atoms with van der Waals surface area (Å²) in [7, 11) is 0. The number of morpholine rings is 1. The summed E-state index contributed by atoms with van der Waals surface area (Å²) >= 11 is 3.31. The first kappa shape index (κ1) is 16.9. The van der Waals surface area contributed by atoms with Crippen LogP contribution in [0, 0.1) is 0 Å². The molecule has 1 N–H and O–H groups in total. The third kappa shape index (κ3) is 4.30. The molecule has 0 bridgehead atoms. The molecule has 24 heavy (non-hydrogen) atoms. The molecule has 126 valence electrons. The quantitative estimate of drug-likeness (QED) is 0.867. The lowest BCUT2D eigenvalue weighted by Gasteiger charge is -2.32. The number of amides is 1. The predicted octanol–water partition coefficient (Wildman–Crippen LogP) is 2.39. The fraction of sp³-hybridized carbons (Fsp3) is 0.353. The van der Waals surface area contributed by atoms with Crippen LogP contribution in [0.5, 0.6) is 0 Å². The van der Waals surface area contributed by atoms with Gasteiger partial charge < -0.3 is 15.0 Å². The molecule has 2 aromatic heterocycles. The van der Waals surface area contributed by atoms with Crippen LogP contribution < -0.4 is 10.2 Å². The Hall–Kier alpha value is -1.99. The fourth-order valence-electron chi connectivity index (χ4n) is 2.56. The molecule has 0 spiro atoms. The van der Waals surface area contributed by atoms with Crippen LogP contribution in [0.15, 0.2) is 41.3 Å². The van der Waals surface area contributed by atoms with Crippen molar-refractivity contribution in [3.8, 4) is 0 Å². The number of anilines is 1. The van der Waals surface area contributed by atoms with Gasteiger partial charge >= 0.3 is 0 Å². The molecular formula is C17H19BrN4O2. The molecule has 7 heteroatoms. The van der Waals surface area contributed by atoms with Crippen molar-refractivity contribution in [2.45, 2.75) is 19.6 Å². The first-order valence-corrected chi connectivity index (χ1v) is 8.61. The molecule has 2 aromatic rings. The van der Waals surface area contributed by atoms with Gasteiger partial charge in [-0.1, -0.05) is 6.07 Å². The Kier molecular flexibility index (Phi) is 5.42. The third-order valence-electron chi connectivity index (χ3n) is 3.79.